The van der Waals surface area contributed by atoms with E-state index in [1.165, 1.54) is 29.7 Å². The van der Waals surface area contributed by atoms with Crippen LogP contribution in [0, 0.1) is 5.82 Å². The van der Waals surface area contributed by atoms with E-state index in [0.717, 1.165) is 43.6 Å². The number of aryl methyl sites for hydroxylation is 2. The highest BCUT2D eigenvalue weighted by atomic mass is 19.1. The summed E-state index contributed by atoms with van der Waals surface area (Å²) >= 11 is 0. The van der Waals surface area contributed by atoms with E-state index < -0.39 is 0 Å². The van der Waals surface area contributed by atoms with E-state index in [-0.39, 0.29) is 11.9 Å². The van der Waals surface area contributed by atoms with Gasteiger partial charge in [-0.2, -0.15) is 0 Å². The number of phenolic OH excluding ortho intramolecular Hbond substituents is 1. The van der Waals surface area contributed by atoms with Gasteiger partial charge in [-0.1, -0.05) is 18.2 Å². The molecule has 24 heavy (non-hydrogen) atoms. The summed E-state index contributed by atoms with van der Waals surface area (Å²) in [5, 5.41) is 10.3. The monoisotopic (exact) mass is 327 g/mol. The summed E-state index contributed by atoms with van der Waals surface area (Å²) in [4.78, 5) is 2.30. The number of morpholine rings is 1. The van der Waals surface area contributed by atoms with E-state index in [1.807, 2.05) is 6.07 Å². The number of hydrogen-bond donors (Lipinski definition) is 1. The van der Waals surface area contributed by atoms with Crippen molar-refractivity contribution >= 4 is 0 Å². The molecule has 4 heteroatoms. The summed E-state index contributed by atoms with van der Waals surface area (Å²) in [6.07, 6.45) is 3.33. The number of ether oxygens (including phenoxy) is 1. The van der Waals surface area contributed by atoms with Crippen LogP contribution in [0.25, 0.3) is 0 Å². The second kappa shape index (κ2) is 6.54. The molecular weight excluding hydrogens is 305 g/mol. The molecule has 0 spiro atoms. The molecule has 0 saturated carbocycles. The van der Waals surface area contributed by atoms with Crippen molar-refractivity contribution in [2.75, 3.05) is 19.7 Å². The zero-order valence-corrected chi connectivity index (χ0v) is 13.7. The number of halogens is 1. The van der Waals surface area contributed by atoms with E-state index >= 15 is 0 Å². The zero-order chi connectivity index (χ0) is 16.5. The Kier molecular flexibility index (Phi) is 4.25. The van der Waals surface area contributed by atoms with Gasteiger partial charge in [-0.3, -0.25) is 4.90 Å². The predicted octanol–water partition coefficient (Wildman–Crippen LogP) is 3.59. The van der Waals surface area contributed by atoms with Crippen molar-refractivity contribution in [1.29, 1.82) is 0 Å². The summed E-state index contributed by atoms with van der Waals surface area (Å²) in [6, 6.07) is 10.6. The van der Waals surface area contributed by atoms with Crippen LogP contribution in [-0.2, 0) is 24.1 Å². The van der Waals surface area contributed by atoms with Gasteiger partial charge in [0.1, 0.15) is 11.6 Å². The Morgan fingerprint density at radius 1 is 1.12 bits per heavy atom. The topological polar surface area (TPSA) is 32.7 Å². The highest BCUT2D eigenvalue weighted by Crippen LogP contribution is 2.31. The quantitative estimate of drug-likeness (QED) is 0.935. The van der Waals surface area contributed by atoms with Gasteiger partial charge < -0.3 is 9.84 Å². The molecule has 1 fully saturated rings. The molecule has 1 N–H and O–H groups in total. The molecule has 0 amide bonds. The lowest BCUT2D eigenvalue weighted by atomic mass is 10.0. The van der Waals surface area contributed by atoms with Gasteiger partial charge in [-0.15, -0.1) is 0 Å². The molecule has 1 aliphatic heterocycles. The largest absolute Gasteiger partial charge is 0.508 e. The first-order valence-corrected chi connectivity index (χ1v) is 8.62. The molecule has 2 aliphatic rings. The van der Waals surface area contributed by atoms with E-state index in [1.54, 1.807) is 12.1 Å². The van der Waals surface area contributed by atoms with Crippen molar-refractivity contribution in [3.63, 3.8) is 0 Å². The maximum Gasteiger partial charge on any atom is 0.123 e. The SMILES string of the molecule is Oc1cc2c(cc1CN1CCOC(c3ccc(F)cc3)C1)CCC2. The molecule has 1 atom stereocenters. The van der Waals surface area contributed by atoms with Gasteiger partial charge in [0.15, 0.2) is 0 Å². The molecule has 2 aromatic carbocycles. The van der Waals surface area contributed by atoms with Crippen LogP contribution >= 0.6 is 0 Å². The number of phenols is 1. The molecule has 0 radical (unpaired) electrons. The average Bonchev–Trinajstić information content (AvgIpc) is 3.03. The van der Waals surface area contributed by atoms with Gasteiger partial charge in [0.05, 0.1) is 12.7 Å². The van der Waals surface area contributed by atoms with Crippen LogP contribution < -0.4 is 0 Å². The fourth-order valence-corrected chi connectivity index (χ4v) is 3.75. The summed E-state index contributed by atoms with van der Waals surface area (Å²) in [5.41, 5.74) is 4.67. The van der Waals surface area contributed by atoms with Crippen LogP contribution in [0.2, 0.25) is 0 Å². The van der Waals surface area contributed by atoms with E-state index in [4.69, 9.17) is 4.74 Å². The first-order valence-electron chi connectivity index (χ1n) is 8.62. The smallest absolute Gasteiger partial charge is 0.123 e. The van der Waals surface area contributed by atoms with Crippen LogP contribution in [0.5, 0.6) is 5.75 Å². The summed E-state index contributed by atoms with van der Waals surface area (Å²) in [6.45, 7) is 2.96. The third kappa shape index (κ3) is 3.17. The number of fused-ring (bicyclic) bond motifs is 1. The van der Waals surface area contributed by atoms with Crippen molar-refractivity contribution in [2.45, 2.75) is 31.9 Å². The van der Waals surface area contributed by atoms with E-state index in [9.17, 15) is 9.50 Å². The van der Waals surface area contributed by atoms with Gasteiger partial charge in [-0.25, -0.2) is 4.39 Å². The Hall–Kier alpha value is -1.91. The molecule has 1 heterocycles. The predicted molar refractivity (Wildman–Crippen MR) is 90.5 cm³/mol. The lowest BCUT2D eigenvalue weighted by Crippen LogP contribution is -2.37. The molecule has 1 unspecified atom stereocenters. The van der Waals surface area contributed by atoms with Crippen molar-refractivity contribution in [2.24, 2.45) is 0 Å². The number of rotatable bonds is 3. The Bertz CT molecular complexity index is 729. The first-order chi connectivity index (χ1) is 11.7. The summed E-state index contributed by atoms with van der Waals surface area (Å²) < 4.78 is 18.9. The van der Waals surface area contributed by atoms with Crippen molar-refractivity contribution in [1.82, 2.24) is 4.90 Å². The second-order valence-corrected chi connectivity index (χ2v) is 6.75. The second-order valence-electron chi connectivity index (χ2n) is 6.75. The minimum Gasteiger partial charge on any atom is -0.508 e. The molecule has 0 aromatic heterocycles. The average molecular weight is 327 g/mol. The van der Waals surface area contributed by atoms with Gasteiger partial charge in [-0.05, 0) is 54.2 Å². The molecule has 4 rings (SSSR count). The molecule has 1 aliphatic carbocycles. The van der Waals surface area contributed by atoms with Crippen LogP contribution in [-0.4, -0.2) is 29.7 Å². The molecule has 2 aromatic rings. The number of hydrogen-bond acceptors (Lipinski definition) is 3. The lowest BCUT2D eigenvalue weighted by molar-refractivity contribution is -0.0331. The first kappa shape index (κ1) is 15.6. The standard InChI is InChI=1S/C20H22FNO2/c21-18-6-4-14(5-7-18)20-13-22(8-9-24-20)12-17-10-15-2-1-3-16(15)11-19(17)23/h4-7,10-11,20,23H,1-3,8-9,12-13H2. The lowest BCUT2D eigenvalue weighted by Gasteiger charge is -2.33. The van der Waals surface area contributed by atoms with Crippen LogP contribution in [0.1, 0.15) is 34.8 Å². The Morgan fingerprint density at radius 2 is 1.88 bits per heavy atom. The number of aromatic hydroxyl groups is 1. The normalized spacial score (nSPS) is 21.0. The molecule has 3 nitrogen and oxygen atoms in total. The maximum atomic E-state index is 13.1. The highest BCUT2D eigenvalue weighted by molar-refractivity contribution is 5.44. The van der Waals surface area contributed by atoms with Gasteiger partial charge >= 0.3 is 0 Å². The summed E-state index contributed by atoms with van der Waals surface area (Å²) in [7, 11) is 0. The minimum absolute atomic E-state index is 0.0454. The van der Waals surface area contributed by atoms with Gasteiger partial charge in [0, 0.05) is 25.2 Å². The van der Waals surface area contributed by atoms with Crippen molar-refractivity contribution in [3.05, 3.63) is 64.5 Å². The fraction of sp³-hybridized carbons (Fsp3) is 0.400. The minimum atomic E-state index is -0.227. The Labute approximate surface area is 141 Å². The Balaban J connectivity index is 1.48. The van der Waals surface area contributed by atoms with Crippen LogP contribution in [0.15, 0.2) is 36.4 Å². The van der Waals surface area contributed by atoms with Gasteiger partial charge in [0.25, 0.3) is 0 Å². The van der Waals surface area contributed by atoms with Crippen LogP contribution in [0.3, 0.4) is 0 Å². The van der Waals surface area contributed by atoms with Gasteiger partial charge in [0.2, 0.25) is 0 Å². The maximum absolute atomic E-state index is 13.1. The number of benzene rings is 2. The van der Waals surface area contributed by atoms with Crippen LogP contribution in [0.4, 0.5) is 4.39 Å². The number of nitrogens with zero attached hydrogens (tertiary/aromatic N) is 1. The summed E-state index contributed by atoms with van der Waals surface area (Å²) in [5.74, 6) is 0.176. The third-order valence-electron chi connectivity index (χ3n) is 5.08. The molecule has 1 saturated heterocycles. The molecule has 0 bridgehead atoms. The van der Waals surface area contributed by atoms with Crippen molar-refractivity contribution < 1.29 is 14.2 Å². The van der Waals surface area contributed by atoms with Crippen molar-refractivity contribution in [3.8, 4) is 5.75 Å². The third-order valence-corrected chi connectivity index (χ3v) is 5.08. The van der Waals surface area contributed by atoms with E-state index in [0.29, 0.717) is 12.4 Å². The molecule has 126 valence electrons. The fourth-order valence-electron chi connectivity index (χ4n) is 3.75. The van der Waals surface area contributed by atoms with E-state index in [2.05, 4.69) is 11.0 Å². The Morgan fingerprint density at radius 3 is 2.67 bits per heavy atom. The highest BCUT2D eigenvalue weighted by Gasteiger charge is 2.23. The zero-order valence-electron chi connectivity index (χ0n) is 13.7. The molecular formula is C20H22FNO2.